The van der Waals surface area contributed by atoms with Crippen LogP contribution in [0, 0.1) is 5.82 Å². The quantitative estimate of drug-likeness (QED) is 0.676. The van der Waals surface area contributed by atoms with E-state index in [0.29, 0.717) is 10.8 Å². The van der Waals surface area contributed by atoms with Gasteiger partial charge in [0.1, 0.15) is 11.6 Å². The van der Waals surface area contributed by atoms with Crippen LogP contribution in [-0.4, -0.2) is 47.5 Å². The highest BCUT2D eigenvalue weighted by molar-refractivity contribution is 6.30. The number of nitrogens with zero attached hydrogens (tertiary/aromatic N) is 2. The minimum atomic E-state index is -0.196. The predicted molar refractivity (Wildman–Crippen MR) is 116 cm³/mol. The number of amides is 1. The molecule has 0 aromatic heterocycles. The molecule has 0 radical (unpaired) electrons. The Morgan fingerprint density at radius 3 is 2.57 bits per heavy atom. The Morgan fingerprint density at radius 2 is 1.80 bits per heavy atom. The fraction of sp³-hybridized carbons (Fsp3) is 0.458. The fourth-order valence-electron chi connectivity index (χ4n) is 4.84. The van der Waals surface area contributed by atoms with Crippen molar-refractivity contribution in [3.8, 4) is 5.75 Å². The first-order chi connectivity index (χ1) is 14.5. The van der Waals surface area contributed by atoms with Crippen molar-refractivity contribution in [1.82, 2.24) is 9.80 Å². The summed E-state index contributed by atoms with van der Waals surface area (Å²) in [4.78, 5) is 17.2. The molecule has 0 aliphatic carbocycles. The van der Waals surface area contributed by atoms with Gasteiger partial charge >= 0.3 is 0 Å². The summed E-state index contributed by atoms with van der Waals surface area (Å²) in [5.74, 6) is 0.442. The van der Waals surface area contributed by atoms with E-state index in [0.717, 1.165) is 57.4 Å². The van der Waals surface area contributed by atoms with Crippen LogP contribution < -0.4 is 4.74 Å². The average molecular weight is 431 g/mol. The van der Waals surface area contributed by atoms with Crippen LogP contribution in [0.1, 0.15) is 37.7 Å². The summed E-state index contributed by atoms with van der Waals surface area (Å²) >= 11 is 5.98. The van der Waals surface area contributed by atoms with Crippen LogP contribution >= 0.6 is 11.6 Å². The number of likely N-dealkylation sites (tertiary alicyclic amines) is 2. The van der Waals surface area contributed by atoms with Crippen molar-refractivity contribution in [3.05, 3.63) is 64.9 Å². The molecule has 2 aromatic rings. The molecule has 1 spiro atoms. The number of ether oxygens (including phenoxy) is 1. The first kappa shape index (κ1) is 21.1. The molecule has 2 saturated heterocycles. The van der Waals surface area contributed by atoms with Crippen LogP contribution in [0.5, 0.6) is 5.75 Å². The molecular weight excluding hydrogens is 403 g/mol. The lowest BCUT2D eigenvalue weighted by Gasteiger charge is -2.38. The van der Waals surface area contributed by atoms with Gasteiger partial charge in [0.05, 0.1) is 0 Å². The highest BCUT2D eigenvalue weighted by Gasteiger charge is 2.42. The van der Waals surface area contributed by atoms with Gasteiger partial charge in [0, 0.05) is 30.2 Å². The maximum atomic E-state index is 13.2. The molecule has 2 aliphatic rings. The SMILES string of the molecule is O=C(COc1cccc(Cl)c1)N1CCC[C@@]2(CCCN2Cc2ccc(F)cc2)CC1. The number of halogens is 2. The van der Waals surface area contributed by atoms with E-state index in [1.807, 2.05) is 29.2 Å². The summed E-state index contributed by atoms with van der Waals surface area (Å²) in [6.45, 7) is 3.45. The molecule has 4 nitrogen and oxygen atoms in total. The third kappa shape index (κ3) is 4.96. The van der Waals surface area contributed by atoms with E-state index < -0.39 is 0 Å². The van der Waals surface area contributed by atoms with Gasteiger partial charge < -0.3 is 9.64 Å². The molecule has 2 fully saturated rings. The van der Waals surface area contributed by atoms with Crippen molar-refractivity contribution in [3.63, 3.8) is 0 Å². The van der Waals surface area contributed by atoms with Crippen molar-refractivity contribution >= 4 is 17.5 Å². The van der Waals surface area contributed by atoms with Gasteiger partial charge in [0.25, 0.3) is 5.91 Å². The summed E-state index contributed by atoms with van der Waals surface area (Å²) in [7, 11) is 0. The summed E-state index contributed by atoms with van der Waals surface area (Å²) in [5, 5.41) is 0.596. The van der Waals surface area contributed by atoms with E-state index in [1.165, 1.54) is 18.6 Å². The van der Waals surface area contributed by atoms with Crippen molar-refractivity contribution in [1.29, 1.82) is 0 Å². The number of carbonyl (C=O) groups excluding carboxylic acids is 1. The Balaban J connectivity index is 1.35. The minimum absolute atomic E-state index is 0.0232. The first-order valence-electron chi connectivity index (χ1n) is 10.7. The molecule has 4 rings (SSSR count). The monoisotopic (exact) mass is 430 g/mol. The Kier molecular flexibility index (Phi) is 6.59. The van der Waals surface area contributed by atoms with E-state index in [-0.39, 0.29) is 23.9 Å². The highest BCUT2D eigenvalue weighted by atomic mass is 35.5. The molecule has 1 atom stereocenters. The van der Waals surface area contributed by atoms with Crippen molar-refractivity contribution in [2.75, 3.05) is 26.2 Å². The van der Waals surface area contributed by atoms with E-state index in [1.54, 1.807) is 12.1 Å². The lowest BCUT2D eigenvalue weighted by Crippen LogP contribution is -2.44. The Morgan fingerprint density at radius 1 is 1.03 bits per heavy atom. The van der Waals surface area contributed by atoms with Gasteiger partial charge in [-0.15, -0.1) is 0 Å². The predicted octanol–water partition coefficient (Wildman–Crippen LogP) is 4.91. The lowest BCUT2D eigenvalue weighted by molar-refractivity contribution is -0.133. The maximum absolute atomic E-state index is 13.2. The number of hydrogen-bond acceptors (Lipinski definition) is 3. The molecule has 0 N–H and O–H groups in total. The van der Waals surface area contributed by atoms with E-state index in [9.17, 15) is 9.18 Å². The van der Waals surface area contributed by atoms with Gasteiger partial charge in [-0.1, -0.05) is 29.8 Å². The molecule has 160 valence electrons. The smallest absolute Gasteiger partial charge is 0.260 e. The first-order valence-corrected chi connectivity index (χ1v) is 11.1. The maximum Gasteiger partial charge on any atom is 0.260 e. The normalized spacial score (nSPS) is 22.3. The Labute approximate surface area is 182 Å². The van der Waals surface area contributed by atoms with E-state index >= 15 is 0 Å². The summed E-state index contributed by atoms with van der Waals surface area (Å²) in [6.07, 6.45) is 5.38. The van der Waals surface area contributed by atoms with Crippen molar-refractivity contribution in [2.45, 2.75) is 44.2 Å². The summed E-state index contributed by atoms with van der Waals surface area (Å²) in [6, 6.07) is 13.9. The second kappa shape index (κ2) is 9.36. The second-order valence-electron chi connectivity index (χ2n) is 8.36. The minimum Gasteiger partial charge on any atom is -0.484 e. The average Bonchev–Trinajstić information content (AvgIpc) is 2.98. The van der Waals surface area contributed by atoms with Gasteiger partial charge in [-0.05, 0) is 74.5 Å². The Bertz CT molecular complexity index is 876. The van der Waals surface area contributed by atoms with Crippen molar-refractivity contribution in [2.24, 2.45) is 0 Å². The Hall–Kier alpha value is -2.11. The molecule has 30 heavy (non-hydrogen) atoms. The van der Waals surface area contributed by atoms with E-state index in [2.05, 4.69) is 4.90 Å². The third-order valence-electron chi connectivity index (χ3n) is 6.46. The number of hydrogen-bond donors (Lipinski definition) is 0. The second-order valence-corrected chi connectivity index (χ2v) is 8.79. The number of carbonyl (C=O) groups is 1. The van der Waals surface area contributed by atoms with Gasteiger partial charge in [0.15, 0.2) is 6.61 Å². The highest BCUT2D eigenvalue weighted by Crippen LogP contribution is 2.39. The summed E-state index contributed by atoms with van der Waals surface area (Å²) < 4.78 is 18.9. The van der Waals surface area contributed by atoms with E-state index in [4.69, 9.17) is 16.3 Å². The number of rotatable bonds is 5. The lowest BCUT2D eigenvalue weighted by atomic mass is 9.87. The van der Waals surface area contributed by atoms with Crippen molar-refractivity contribution < 1.29 is 13.9 Å². The standard InChI is InChI=1S/C24H28ClFN2O2/c25-20-4-1-5-22(16-20)30-18-23(29)27-13-2-10-24(12-15-27)11-3-14-28(24)17-19-6-8-21(26)9-7-19/h1,4-9,16H,2-3,10-15,17-18H2/t24-/m1/s1. The topological polar surface area (TPSA) is 32.8 Å². The van der Waals surface area contributed by atoms with Crippen LogP contribution in [0.2, 0.25) is 5.02 Å². The molecule has 2 aliphatic heterocycles. The molecular formula is C24H28ClFN2O2. The van der Waals surface area contributed by atoms with Crippen LogP contribution in [0.4, 0.5) is 4.39 Å². The van der Waals surface area contributed by atoms with Crippen LogP contribution in [0.25, 0.3) is 0 Å². The van der Waals surface area contributed by atoms with Gasteiger partial charge in [0.2, 0.25) is 0 Å². The number of benzene rings is 2. The zero-order valence-corrected chi connectivity index (χ0v) is 17.9. The molecule has 1 amide bonds. The van der Waals surface area contributed by atoms with Gasteiger partial charge in [-0.2, -0.15) is 0 Å². The van der Waals surface area contributed by atoms with Crippen LogP contribution in [-0.2, 0) is 11.3 Å². The zero-order chi connectivity index (χ0) is 21.0. The molecule has 0 unspecified atom stereocenters. The molecule has 6 heteroatoms. The van der Waals surface area contributed by atoms with Crippen LogP contribution in [0.3, 0.4) is 0 Å². The largest absolute Gasteiger partial charge is 0.484 e. The summed E-state index contributed by atoms with van der Waals surface area (Å²) in [5.41, 5.74) is 1.28. The zero-order valence-electron chi connectivity index (χ0n) is 17.2. The van der Waals surface area contributed by atoms with Gasteiger partial charge in [-0.3, -0.25) is 9.69 Å². The molecule has 2 heterocycles. The molecule has 2 aromatic carbocycles. The van der Waals surface area contributed by atoms with Gasteiger partial charge in [-0.25, -0.2) is 4.39 Å². The molecule has 0 bridgehead atoms. The third-order valence-corrected chi connectivity index (χ3v) is 6.69. The fourth-order valence-corrected chi connectivity index (χ4v) is 5.02. The van der Waals surface area contributed by atoms with Crippen LogP contribution in [0.15, 0.2) is 48.5 Å². The molecule has 0 saturated carbocycles.